The first kappa shape index (κ1) is 18.8. The SMILES string of the molecule is NC(=O)c1c(NC(=S)NC(=O)COc2ccc(Br)cc2)sc2c1CCC2. The summed E-state index contributed by atoms with van der Waals surface area (Å²) in [7, 11) is 0. The van der Waals surface area contributed by atoms with Gasteiger partial charge in [-0.2, -0.15) is 0 Å². The molecule has 0 fully saturated rings. The summed E-state index contributed by atoms with van der Waals surface area (Å²) in [6.45, 7) is -0.174. The standard InChI is InChI=1S/C17H16BrN3O3S2/c18-9-4-6-10(7-5-9)24-8-13(22)20-17(25)21-16-14(15(19)23)11-2-1-3-12(11)26-16/h4-7H,1-3,8H2,(H2,19,23)(H2,20,21,22,25). The van der Waals surface area contributed by atoms with E-state index in [9.17, 15) is 9.59 Å². The maximum absolute atomic E-state index is 12.0. The van der Waals surface area contributed by atoms with Crippen LogP contribution >= 0.6 is 39.5 Å². The number of nitrogens with one attached hydrogen (secondary N) is 2. The fraction of sp³-hybridized carbons (Fsp3) is 0.235. The van der Waals surface area contributed by atoms with Gasteiger partial charge in [0.1, 0.15) is 10.8 Å². The van der Waals surface area contributed by atoms with Crippen LogP contribution in [0, 0.1) is 0 Å². The number of nitrogens with two attached hydrogens (primary N) is 1. The Hall–Kier alpha value is -1.97. The highest BCUT2D eigenvalue weighted by molar-refractivity contribution is 9.10. The van der Waals surface area contributed by atoms with Crippen LogP contribution in [0.3, 0.4) is 0 Å². The summed E-state index contributed by atoms with van der Waals surface area (Å²) in [5.41, 5.74) is 6.98. The van der Waals surface area contributed by atoms with Crippen LogP contribution in [0.1, 0.15) is 27.2 Å². The number of hydrogen-bond acceptors (Lipinski definition) is 5. The van der Waals surface area contributed by atoms with Crippen molar-refractivity contribution in [3.05, 3.63) is 44.7 Å². The predicted molar refractivity (Wildman–Crippen MR) is 109 cm³/mol. The van der Waals surface area contributed by atoms with Crippen LogP contribution in [0.15, 0.2) is 28.7 Å². The summed E-state index contributed by atoms with van der Waals surface area (Å²) >= 11 is 9.95. The van der Waals surface area contributed by atoms with Crippen molar-refractivity contribution in [3.63, 3.8) is 0 Å². The van der Waals surface area contributed by atoms with Crippen molar-refractivity contribution >= 4 is 61.4 Å². The molecule has 1 heterocycles. The van der Waals surface area contributed by atoms with Crippen LogP contribution in [0.2, 0.25) is 0 Å². The van der Waals surface area contributed by atoms with Gasteiger partial charge in [0.05, 0.1) is 5.56 Å². The molecule has 26 heavy (non-hydrogen) atoms. The average molecular weight is 454 g/mol. The van der Waals surface area contributed by atoms with Gasteiger partial charge < -0.3 is 15.8 Å². The number of aryl methyl sites for hydroxylation is 1. The lowest BCUT2D eigenvalue weighted by Crippen LogP contribution is -2.37. The second-order valence-electron chi connectivity index (χ2n) is 5.67. The Labute approximate surface area is 168 Å². The molecule has 1 aromatic carbocycles. The van der Waals surface area contributed by atoms with E-state index in [1.54, 1.807) is 12.1 Å². The molecule has 136 valence electrons. The monoisotopic (exact) mass is 453 g/mol. The van der Waals surface area contributed by atoms with Gasteiger partial charge in [0.2, 0.25) is 0 Å². The molecule has 0 radical (unpaired) electrons. The third-order valence-corrected chi connectivity index (χ3v) is 5.77. The van der Waals surface area contributed by atoms with Crippen molar-refractivity contribution < 1.29 is 14.3 Å². The van der Waals surface area contributed by atoms with Crippen LogP contribution in [0.5, 0.6) is 5.75 Å². The molecule has 0 bridgehead atoms. The normalized spacial score (nSPS) is 12.3. The second kappa shape index (κ2) is 8.15. The van der Waals surface area contributed by atoms with Gasteiger partial charge in [-0.25, -0.2) is 0 Å². The Bertz CT molecular complexity index is 865. The zero-order chi connectivity index (χ0) is 18.7. The number of anilines is 1. The van der Waals surface area contributed by atoms with E-state index >= 15 is 0 Å². The number of carbonyl (C=O) groups is 2. The first-order valence-corrected chi connectivity index (χ1v) is 9.89. The summed E-state index contributed by atoms with van der Waals surface area (Å²) in [4.78, 5) is 24.9. The Morgan fingerprint density at radius 2 is 2.00 bits per heavy atom. The van der Waals surface area contributed by atoms with E-state index in [2.05, 4.69) is 26.6 Å². The number of hydrogen-bond donors (Lipinski definition) is 3. The minimum atomic E-state index is -0.486. The van der Waals surface area contributed by atoms with Gasteiger partial charge in [-0.05, 0) is 61.3 Å². The van der Waals surface area contributed by atoms with Crippen LogP contribution in [-0.4, -0.2) is 23.5 Å². The molecule has 3 rings (SSSR count). The summed E-state index contributed by atoms with van der Waals surface area (Å²) < 4.78 is 6.32. The van der Waals surface area contributed by atoms with E-state index in [0.29, 0.717) is 16.3 Å². The smallest absolute Gasteiger partial charge is 0.264 e. The fourth-order valence-electron chi connectivity index (χ4n) is 2.73. The average Bonchev–Trinajstić information content (AvgIpc) is 3.14. The minimum Gasteiger partial charge on any atom is -0.484 e. The van der Waals surface area contributed by atoms with E-state index in [-0.39, 0.29) is 11.7 Å². The Morgan fingerprint density at radius 1 is 1.27 bits per heavy atom. The zero-order valence-electron chi connectivity index (χ0n) is 13.6. The molecule has 0 unspecified atom stereocenters. The Kier molecular flexibility index (Phi) is 5.90. The topological polar surface area (TPSA) is 93.5 Å². The number of thiocarbonyl (C=S) groups is 1. The number of thiophene rings is 1. The number of carbonyl (C=O) groups excluding carboxylic acids is 2. The van der Waals surface area contributed by atoms with E-state index in [4.69, 9.17) is 22.7 Å². The van der Waals surface area contributed by atoms with E-state index < -0.39 is 11.8 Å². The lowest BCUT2D eigenvalue weighted by molar-refractivity contribution is -0.121. The third-order valence-electron chi connectivity index (χ3n) is 3.83. The lowest BCUT2D eigenvalue weighted by atomic mass is 10.1. The summed E-state index contributed by atoms with van der Waals surface area (Å²) in [6.07, 6.45) is 2.80. The van der Waals surface area contributed by atoms with Gasteiger partial charge in [0.15, 0.2) is 11.7 Å². The van der Waals surface area contributed by atoms with Gasteiger partial charge in [0, 0.05) is 9.35 Å². The van der Waals surface area contributed by atoms with Gasteiger partial charge in [-0.3, -0.25) is 14.9 Å². The second-order valence-corrected chi connectivity index (χ2v) is 8.10. The quantitative estimate of drug-likeness (QED) is 0.604. The molecule has 1 aromatic heterocycles. The van der Waals surface area contributed by atoms with Gasteiger partial charge in [0.25, 0.3) is 11.8 Å². The largest absolute Gasteiger partial charge is 0.484 e. The maximum Gasteiger partial charge on any atom is 0.264 e. The fourth-order valence-corrected chi connectivity index (χ4v) is 4.57. The van der Waals surface area contributed by atoms with E-state index in [1.165, 1.54) is 11.3 Å². The molecule has 2 amide bonds. The minimum absolute atomic E-state index is 0.108. The molecule has 0 saturated heterocycles. The zero-order valence-corrected chi connectivity index (χ0v) is 16.9. The molecular formula is C17H16BrN3O3S2. The highest BCUT2D eigenvalue weighted by Crippen LogP contribution is 2.38. The highest BCUT2D eigenvalue weighted by atomic mass is 79.9. The summed E-state index contributed by atoms with van der Waals surface area (Å²) in [5, 5.41) is 6.15. The van der Waals surface area contributed by atoms with Gasteiger partial charge in [-0.15, -0.1) is 11.3 Å². The molecule has 0 atom stereocenters. The Morgan fingerprint density at radius 3 is 2.69 bits per heavy atom. The number of ether oxygens (including phenoxy) is 1. The van der Waals surface area contributed by atoms with Crippen molar-refractivity contribution in [2.45, 2.75) is 19.3 Å². The molecule has 6 nitrogen and oxygen atoms in total. The van der Waals surface area contributed by atoms with Crippen molar-refractivity contribution in [3.8, 4) is 5.75 Å². The van der Waals surface area contributed by atoms with Crippen LogP contribution < -0.4 is 21.1 Å². The number of amides is 2. The molecular weight excluding hydrogens is 438 g/mol. The predicted octanol–water partition coefficient (Wildman–Crippen LogP) is 2.99. The van der Waals surface area contributed by atoms with Gasteiger partial charge >= 0.3 is 0 Å². The van der Waals surface area contributed by atoms with Gasteiger partial charge in [-0.1, -0.05) is 15.9 Å². The van der Waals surface area contributed by atoms with Crippen LogP contribution in [0.25, 0.3) is 0 Å². The molecule has 0 saturated carbocycles. The maximum atomic E-state index is 12.0. The van der Waals surface area contributed by atoms with E-state index in [1.807, 2.05) is 12.1 Å². The van der Waals surface area contributed by atoms with Crippen molar-refractivity contribution in [2.24, 2.45) is 5.73 Å². The number of halogens is 1. The van der Waals surface area contributed by atoms with Crippen molar-refractivity contribution in [1.82, 2.24) is 5.32 Å². The number of fused-ring (bicyclic) bond motifs is 1. The van der Waals surface area contributed by atoms with Crippen molar-refractivity contribution in [1.29, 1.82) is 0 Å². The first-order chi connectivity index (χ1) is 12.4. The first-order valence-electron chi connectivity index (χ1n) is 7.87. The van der Waals surface area contributed by atoms with Crippen LogP contribution in [-0.2, 0) is 17.6 Å². The Balaban J connectivity index is 1.56. The van der Waals surface area contributed by atoms with Crippen LogP contribution in [0.4, 0.5) is 5.00 Å². The molecule has 1 aliphatic rings. The number of primary amides is 1. The molecule has 0 aliphatic heterocycles. The molecule has 0 spiro atoms. The molecule has 1 aliphatic carbocycles. The van der Waals surface area contributed by atoms with Crippen molar-refractivity contribution in [2.75, 3.05) is 11.9 Å². The molecule has 9 heteroatoms. The van der Waals surface area contributed by atoms with E-state index in [0.717, 1.165) is 34.2 Å². The number of benzene rings is 1. The lowest BCUT2D eigenvalue weighted by Gasteiger charge is -2.10. The molecule has 2 aromatic rings. The highest BCUT2D eigenvalue weighted by Gasteiger charge is 2.25. The third kappa shape index (κ3) is 4.40. The summed E-state index contributed by atoms with van der Waals surface area (Å²) in [5.74, 6) is -0.303. The number of rotatable bonds is 5. The molecule has 4 N–H and O–H groups in total. The summed E-state index contributed by atoms with van der Waals surface area (Å²) in [6, 6.07) is 7.14.